The minimum Gasteiger partial charge on any atom is -1.00 e. The molecule has 4 nitrogen and oxygen atoms in total. The zero-order valence-electron chi connectivity index (χ0n) is 12.7. The molecule has 0 heterocycles. The molecule has 0 aliphatic rings. The van der Waals surface area contributed by atoms with Gasteiger partial charge in [-0.2, -0.15) is 0 Å². The Morgan fingerprint density at radius 3 is 1.13 bits per heavy atom. The van der Waals surface area contributed by atoms with Crippen LogP contribution in [-0.4, -0.2) is 11.8 Å². The third-order valence-electron chi connectivity index (χ3n) is 2.09. The van der Waals surface area contributed by atoms with Crippen LogP contribution >= 0.6 is 0 Å². The Morgan fingerprint density at radius 2 is 0.913 bits per heavy atom. The Kier molecular flexibility index (Phi) is 16.7. The molecule has 0 saturated carbocycles. The topological polar surface area (TPSA) is 62.3 Å². The molecule has 2 aromatic carbocycles. The van der Waals surface area contributed by atoms with Gasteiger partial charge in [-0.05, 0) is 13.8 Å². The molecule has 0 saturated heterocycles. The van der Waals surface area contributed by atoms with Gasteiger partial charge >= 0.3 is 21.7 Å². The molecule has 0 aromatic heterocycles. The van der Waals surface area contributed by atoms with Crippen molar-refractivity contribution in [2.45, 2.75) is 13.8 Å². The summed E-state index contributed by atoms with van der Waals surface area (Å²) in [7, 11) is 0. The van der Waals surface area contributed by atoms with Gasteiger partial charge < -0.3 is 29.6 Å². The number of para-hydroxylation sites is 2. The molecule has 0 fully saturated rings. The SMILES string of the molecule is CC(=O)[N-]c1ccccc1.CC(=O)[N-]c1ccccc1.[F-].[F-].[Ti+4]. The number of amides is 2. The quantitative estimate of drug-likeness (QED) is 0.616. The third-order valence-corrected chi connectivity index (χ3v) is 2.09. The zero-order chi connectivity index (χ0) is 14.8. The summed E-state index contributed by atoms with van der Waals surface area (Å²) in [6.45, 7) is 2.88. The fourth-order valence-corrected chi connectivity index (χ4v) is 1.37. The Bertz CT molecular complexity index is 503. The fourth-order valence-electron chi connectivity index (χ4n) is 1.37. The summed E-state index contributed by atoms with van der Waals surface area (Å²) in [6, 6.07) is 18.3. The van der Waals surface area contributed by atoms with E-state index in [2.05, 4.69) is 10.6 Å². The van der Waals surface area contributed by atoms with Crippen LogP contribution in [0.25, 0.3) is 10.6 Å². The molecule has 0 aliphatic carbocycles. The van der Waals surface area contributed by atoms with Crippen LogP contribution in [-0.2, 0) is 31.3 Å². The molecule has 0 spiro atoms. The summed E-state index contributed by atoms with van der Waals surface area (Å²) in [4.78, 5) is 20.9. The van der Waals surface area contributed by atoms with Crippen LogP contribution < -0.4 is 9.41 Å². The van der Waals surface area contributed by atoms with E-state index in [0.29, 0.717) is 0 Å². The van der Waals surface area contributed by atoms with E-state index in [4.69, 9.17) is 0 Å². The second kappa shape index (κ2) is 14.9. The second-order valence-electron chi connectivity index (χ2n) is 3.93. The van der Waals surface area contributed by atoms with Crippen LogP contribution in [0.2, 0.25) is 0 Å². The third kappa shape index (κ3) is 13.3. The predicted molar refractivity (Wildman–Crippen MR) is 80.3 cm³/mol. The summed E-state index contributed by atoms with van der Waals surface area (Å²) in [6.07, 6.45) is 0. The van der Waals surface area contributed by atoms with Gasteiger partial charge in [-0.3, -0.25) is 0 Å². The van der Waals surface area contributed by atoms with Gasteiger partial charge in [0.15, 0.2) is 0 Å². The first-order valence-electron chi connectivity index (χ1n) is 6.12. The van der Waals surface area contributed by atoms with Gasteiger partial charge in [0.1, 0.15) is 0 Å². The average Bonchev–Trinajstić information content (AvgIpc) is 2.40. The van der Waals surface area contributed by atoms with E-state index in [1.54, 1.807) is 24.3 Å². The van der Waals surface area contributed by atoms with Crippen molar-refractivity contribution < 1.29 is 40.7 Å². The van der Waals surface area contributed by atoms with E-state index >= 15 is 0 Å². The van der Waals surface area contributed by atoms with Crippen molar-refractivity contribution in [1.29, 1.82) is 0 Å². The zero-order valence-corrected chi connectivity index (χ0v) is 14.3. The number of hydrogen-bond acceptors (Lipinski definition) is 2. The van der Waals surface area contributed by atoms with Gasteiger partial charge in [-0.1, -0.05) is 60.7 Å². The van der Waals surface area contributed by atoms with Crippen molar-refractivity contribution in [2.75, 3.05) is 0 Å². The molecule has 2 amide bonds. The maximum Gasteiger partial charge on any atom is 4.00 e. The van der Waals surface area contributed by atoms with E-state index in [1.165, 1.54) is 13.8 Å². The molecule has 23 heavy (non-hydrogen) atoms. The summed E-state index contributed by atoms with van der Waals surface area (Å²) < 4.78 is 0. The molecule has 2 rings (SSSR count). The number of hydrogen-bond donors (Lipinski definition) is 0. The molecular weight excluding hydrogens is 338 g/mol. The minimum atomic E-state index is -0.161. The van der Waals surface area contributed by atoms with E-state index in [1.807, 2.05) is 36.4 Å². The summed E-state index contributed by atoms with van der Waals surface area (Å²) in [5, 5.41) is 7.44. The predicted octanol–water partition coefficient (Wildman–Crippen LogP) is -1.52. The van der Waals surface area contributed by atoms with Crippen molar-refractivity contribution in [3.63, 3.8) is 0 Å². The van der Waals surface area contributed by atoms with Crippen LogP contribution in [0.1, 0.15) is 13.8 Å². The number of halogens is 2. The Hall–Kier alpha value is -2.05. The van der Waals surface area contributed by atoms with Crippen LogP contribution in [0, 0.1) is 0 Å². The molecular formula is C16H16F2N2O2Ti. The number of rotatable bonds is 2. The van der Waals surface area contributed by atoms with Crippen LogP contribution in [0.15, 0.2) is 60.7 Å². The van der Waals surface area contributed by atoms with E-state index in [-0.39, 0.29) is 42.9 Å². The van der Waals surface area contributed by atoms with Gasteiger partial charge in [0, 0.05) is 0 Å². The van der Waals surface area contributed by atoms with Crippen molar-refractivity contribution in [3.05, 3.63) is 71.3 Å². The molecule has 0 radical (unpaired) electrons. The summed E-state index contributed by atoms with van der Waals surface area (Å²) in [5.74, 6) is -0.322. The normalized spacial score (nSPS) is 7.74. The number of nitrogens with zero attached hydrogens (tertiary/aromatic N) is 2. The molecule has 0 N–H and O–H groups in total. The molecule has 0 unspecified atom stereocenters. The average molecular weight is 354 g/mol. The molecule has 0 bridgehead atoms. The van der Waals surface area contributed by atoms with Gasteiger partial charge in [-0.15, -0.1) is 11.4 Å². The van der Waals surface area contributed by atoms with Gasteiger partial charge in [0.05, 0.1) is 11.8 Å². The number of carbonyl (C=O) groups is 2. The first kappa shape index (κ1) is 25.9. The van der Waals surface area contributed by atoms with Crippen molar-refractivity contribution in [2.24, 2.45) is 0 Å². The van der Waals surface area contributed by atoms with Crippen molar-refractivity contribution in [1.82, 2.24) is 0 Å². The standard InChI is InChI=1S/2C8H9NO.2FH.Ti/c2*1-7(10)9-8-5-3-2-4-6-8;;;/h2*2-6H,1H3,(H,9,10);2*1H;/q;;;;+4/p-4. The first-order chi connectivity index (χ1) is 9.58. The van der Waals surface area contributed by atoms with Gasteiger partial charge in [0.2, 0.25) is 0 Å². The van der Waals surface area contributed by atoms with E-state index < -0.39 is 0 Å². The smallest absolute Gasteiger partial charge is 1.00 e. The fraction of sp³-hybridized carbons (Fsp3) is 0.125. The van der Waals surface area contributed by atoms with Gasteiger partial charge in [-0.25, -0.2) is 0 Å². The largest absolute Gasteiger partial charge is 4.00 e. The Morgan fingerprint density at radius 1 is 0.652 bits per heavy atom. The molecule has 2 aromatic rings. The van der Waals surface area contributed by atoms with Crippen LogP contribution in [0.4, 0.5) is 11.4 Å². The van der Waals surface area contributed by atoms with E-state index in [9.17, 15) is 9.59 Å². The van der Waals surface area contributed by atoms with E-state index in [0.717, 1.165) is 11.4 Å². The molecule has 7 heteroatoms. The molecule has 0 atom stereocenters. The van der Waals surface area contributed by atoms with Crippen molar-refractivity contribution in [3.8, 4) is 0 Å². The second-order valence-corrected chi connectivity index (χ2v) is 3.93. The first-order valence-corrected chi connectivity index (χ1v) is 6.12. The maximum atomic E-state index is 10.4. The number of carbonyl (C=O) groups excluding carboxylic acids is 2. The molecule has 0 aliphatic heterocycles. The Balaban J connectivity index is -0.000000308. The maximum absolute atomic E-state index is 10.4. The monoisotopic (exact) mass is 354 g/mol. The minimum absolute atomic E-state index is 0. The summed E-state index contributed by atoms with van der Waals surface area (Å²) >= 11 is 0. The Labute approximate surface area is 149 Å². The molecule has 120 valence electrons. The van der Waals surface area contributed by atoms with Crippen LogP contribution in [0.5, 0.6) is 0 Å². The van der Waals surface area contributed by atoms with Crippen LogP contribution in [0.3, 0.4) is 0 Å². The summed E-state index contributed by atoms with van der Waals surface area (Å²) in [5.41, 5.74) is 1.44. The number of benzene rings is 2. The van der Waals surface area contributed by atoms with Crippen molar-refractivity contribution >= 4 is 23.2 Å². The van der Waals surface area contributed by atoms with Gasteiger partial charge in [0.25, 0.3) is 0 Å².